The summed E-state index contributed by atoms with van der Waals surface area (Å²) in [6, 6.07) is 6.75. The number of rotatable bonds is 5. The highest BCUT2D eigenvalue weighted by molar-refractivity contribution is 6.35. The number of benzene rings is 1. The standard InChI is InChI=1S/C19H15Cl2N7O2/c20-10-1-4-12(21)13(6-10)24-15-7-16(23-11-2-3-11)28-17(26-15)9(8-22-28)5-14-18(29)27-19(30)25-14/h1,4-8,11,23H,2-3H2,(H,24,26)(H2,25,27,29,30). The van der Waals surface area contributed by atoms with Gasteiger partial charge in [0.05, 0.1) is 16.9 Å². The maximum absolute atomic E-state index is 11.9. The van der Waals surface area contributed by atoms with Gasteiger partial charge in [0.2, 0.25) is 0 Å². The van der Waals surface area contributed by atoms with Crippen molar-refractivity contribution in [2.75, 3.05) is 10.6 Å². The Morgan fingerprint density at radius 2 is 2.00 bits per heavy atom. The van der Waals surface area contributed by atoms with Crippen LogP contribution in [0.3, 0.4) is 0 Å². The molecule has 0 spiro atoms. The Balaban J connectivity index is 1.59. The molecule has 2 aromatic heterocycles. The predicted molar refractivity (Wildman–Crippen MR) is 114 cm³/mol. The second-order valence-electron chi connectivity index (χ2n) is 7.00. The molecule has 2 aliphatic rings. The van der Waals surface area contributed by atoms with E-state index in [0.29, 0.717) is 38.8 Å². The van der Waals surface area contributed by atoms with Crippen molar-refractivity contribution < 1.29 is 9.59 Å². The Kier molecular flexibility index (Phi) is 4.48. The topological polar surface area (TPSA) is 112 Å². The molecule has 11 heteroatoms. The van der Waals surface area contributed by atoms with Crippen molar-refractivity contribution in [3.8, 4) is 0 Å². The van der Waals surface area contributed by atoms with Gasteiger partial charge in [-0.25, -0.2) is 9.78 Å². The molecule has 1 aromatic carbocycles. The van der Waals surface area contributed by atoms with Crippen molar-refractivity contribution in [2.24, 2.45) is 0 Å². The van der Waals surface area contributed by atoms with Crippen LogP contribution in [0.1, 0.15) is 18.4 Å². The number of anilines is 3. The number of urea groups is 1. The lowest BCUT2D eigenvalue weighted by Gasteiger charge is -2.12. The molecule has 0 bridgehead atoms. The van der Waals surface area contributed by atoms with E-state index >= 15 is 0 Å². The molecule has 1 aliphatic carbocycles. The molecule has 152 valence electrons. The van der Waals surface area contributed by atoms with Crippen molar-refractivity contribution >= 4 is 64.2 Å². The third-order valence-corrected chi connectivity index (χ3v) is 5.20. The zero-order chi connectivity index (χ0) is 20.8. The summed E-state index contributed by atoms with van der Waals surface area (Å²) in [6.07, 6.45) is 5.28. The predicted octanol–water partition coefficient (Wildman–Crippen LogP) is 3.53. The van der Waals surface area contributed by atoms with Crippen molar-refractivity contribution in [1.82, 2.24) is 25.2 Å². The van der Waals surface area contributed by atoms with E-state index in [4.69, 9.17) is 23.2 Å². The minimum absolute atomic E-state index is 0.129. The number of hydrogen-bond donors (Lipinski definition) is 4. The SMILES string of the molecule is O=C1NC(=O)C(=Cc2cnn3c(NC4CC4)cc(Nc4cc(Cl)ccc4Cl)nc23)N1. The molecule has 1 saturated heterocycles. The van der Waals surface area contributed by atoms with Crippen molar-refractivity contribution in [2.45, 2.75) is 18.9 Å². The van der Waals surface area contributed by atoms with E-state index < -0.39 is 11.9 Å². The summed E-state index contributed by atoms with van der Waals surface area (Å²) in [4.78, 5) is 27.9. The Labute approximate surface area is 180 Å². The lowest BCUT2D eigenvalue weighted by molar-refractivity contribution is -0.115. The van der Waals surface area contributed by atoms with Crippen molar-refractivity contribution in [1.29, 1.82) is 0 Å². The van der Waals surface area contributed by atoms with Gasteiger partial charge in [-0.2, -0.15) is 9.61 Å². The van der Waals surface area contributed by atoms with Crippen LogP contribution in [0.4, 0.5) is 22.1 Å². The summed E-state index contributed by atoms with van der Waals surface area (Å²) in [5.41, 5.74) is 1.81. The molecule has 5 rings (SSSR count). The third-order valence-electron chi connectivity index (χ3n) is 4.64. The number of hydrogen-bond acceptors (Lipinski definition) is 6. The maximum Gasteiger partial charge on any atom is 0.326 e. The summed E-state index contributed by atoms with van der Waals surface area (Å²) in [7, 11) is 0. The smallest absolute Gasteiger partial charge is 0.326 e. The van der Waals surface area contributed by atoms with E-state index in [-0.39, 0.29) is 5.70 Å². The highest BCUT2D eigenvalue weighted by Gasteiger charge is 2.25. The fourth-order valence-corrected chi connectivity index (χ4v) is 3.39. The number of halogens is 2. The molecule has 4 N–H and O–H groups in total. The summed E-state index contributed by atoms with van der Waals surface area (Å²) in [5.74, 6) is 0.762. The highest BCUT2D eigenvalue weighted by Crippen LogP contribution is 2.31. The van der Waals surface area contributed by atoms with Gasteiger partial charge in [0, 0.05) is 22.7 Å². The molecular weight excluding hydrogens is 429 g/mol. The molecule has 0 radical (unpaired) electrons. The number of nitrogens with one attached hydrogen (secondary N) is 4. The molecule has 3 heterocycles. The van der Waals surface area contributed by atoms with Crippen LogP contribution in [0.15, 0.2) is 36.2 Å². The Morgan fingerprint density at radius 3 is 2.73 bits per heavy atom. The lowest BCUT2D eigenvalue weighted by Crippen LogP contribution is -2.22. The first-order valence-electron chi connectivity index (χ1n) is 9.18. The van der Waals surface area contributed by atoms with E-state index in [1.54, 1.807) is 28.9 Å². The van der Waals surface area contributed by atoms with Gasteiger partial charge in [-0.05, 0) is 37.1 Å². The van der Waals surface area contributed by atoms with Crippen LogP contribution in [-0.2, 0) is 4.79 Å². The van der Waals surface area contributed by atoms with E-state index in [9.17, 15) is 9.59 Å². The summed E-state index contributed by atoms with van der Waals surface area (Å²) >= 11 is 12.4. The molecule has 3 aromatic rings. The fourth-order valence-electron chi connectivity index (χ4n) is 3.05. The quantitative estimate of drug-likeness (QED) is 0.354. The average Bonchev–Trinajstić information content (AvgIpc) is 3.34. The summed E-state index contributed by atoms with van der Waals surface area (Å²) in [6.45, 7) is 0. The Hall–Kier alpha value is -3.30. The van der Waals surface area contributed by atoms with Gasteiger partial charge in [-0.15, -0.1) is 0 Å². The molecule has 0 atom stereocenters. The highest BCUT2D eigenvalue weighted by atomic mass is 35.5. The number of fused-ring (bicyclic) bond motifs is 1. The number of nitrogens with zero attached hydrogens (tertiary/aromatic N) is 3. The second-order valence-corrected chi connectivity index (χ2v) is 7.84. The van der Waals surface area contributed by atoms with Crippen LogP contribution in [0.2, 0.25) is 10.0 Å². The first kappa shape index (κ1) is 18.7. The van der Waals surface area contributed by atoms with Crippen LogP contribution in [0, 0.1) is 0 Å². The van der Waals surface area contributed by atoms with E-state index in [0.717, 1.165) is 18.7 Å². The Bertz CT molecular complexity index is 1230. The molecule has 1 saturated carbocycles. The van der Waals surface area contributed by atoms with Crippen LogP contribution < -0.4 is 21.3 Å². The molecule has 30 heavy (non-hydrogen) atoms. The van der Waals surface area contributed by atoms with Gasteiger partial charge >= 0.3 is 6.03 Å². The molecular formula is C19H15Cl2N7O2. The molecule has 3 amide bonds. The first-order chi connectivity index (χ1) is 14.5. The monoisotopic (exact) mass is 443 g/mol. The summed E-state index contributed by atoms with van der Waals surface area (Å²) < 4.78 is 1.66. The normalized spacial score (nSPS) is 17.3. The zero-order valence-electron chi connectivity index (χ0n) is 15.4. The number of carbonyl (C=O) groups is 2. The third kappa shape index (κ3) is 3.64. The summed E-state index contributed by atoms with van der Waals surface area (Å²) in [5, 5.41) is 16.7. The largest absolute Gasteiger partial charge is 0.367 e. The maximum atomic E-state index is 11.9. The van der Waals surface area contributed by atoms with Gasteiger partial charge in [-0.1, -0.05) is 23.2 Å². The van der Waals surface area contributed by atoms with Crippen molar-refractivity contribution in [3.05, 3.63) is 51.8 Å². The molecule has 0 unspecified atom stereocenters. The lowest BCUT2D eigenvalue weighted by atomic mass is 10.2. The van der Waals surface area contributed by atoms with E-state index in [1.807, 2.05) is 6.07 Å². The minimum Gasteiger partial charge on any atom is -0.367 e. The van der Waals surface area contributed by atoms with Crippen molar-refractivity contribution in [3.63, 3.8) is 0 Å². The Morgan fingerprint density at radius 1 is 1.17 bits per heavy atom. The number of aromatic nitrogens is 3. The second kappa shape index (κ2) is 7.19. The fraction of sp³-hybridized carbons (Fsp3) is 0.158. The zero-order valence-corrected chi connectivity index (χ0v) is 16.9. The van der Waals surface area contributed by atoms with Crippen LogP contribution >= 0.6 is 23.2 Å². The molecule has 1 aliphatic heterocycles. The number of carbonyl (C=O) groups excluding carboxylic acids is 2. The van der Waals surface area contributed by atoms with E-state index in [1.165, 1.54) is 6.08 Å². The van der Waals surface area contributed by atoms with Gasteiger partial charge in [0.15, 0.2) is 5.65 Å². The van der Waals surface area contributed by atoms with E-state index in [2.05, 4.69) is 31.3 Å². The van der Waals surface area contributed by atoms with Crippen LogP contribution in [0.25, 0.3) is 11.7 Å². The molecule has 2 fully saturated rings. The van der Waals surface area contributed by atoms with Gasteiger partial charge in [-0.3, -0.25) is 10.1 Å². The van der Waals surface area contributed by atoms with Gasteiger partial charge in [0.1, 0.15) is 17.3 Å². The number of amides is 3. The molecule has 9 nitrogen and oxygen atoms in total. The van der Waals surface area contributed by atoms with Crippen LogP contribution in [-0.4, -0.2) is 32.6 Å². The van der Waals surface area contributed by atoms with Gasteiger partial charge < -0.3 is 16.0 Å². The van der Waals surface area contributed by atoms with Gasteiger partial charge in [0.25, 0.3) is 5.91 Å². The first-order valence-corrected chi connectivity index (χ1v) is 9.93. The van der Waals surface area contributed by atoms with Crippen LogP contribution in [0.5, 0.6) is 0 Å². The minimum atomic E-state index is -0.565. The average molecular weight is 444 g/mol. The number of imide groups is 1.